The average Bonchev–Trinajstić information content (AvgIpc) is 3.07. The fraction of sp³-hybridized carbons (Fsp3) is 0.0800. The van der Waals surface area contributed by atoms with E-state index in [4.69, 9.17) is 9.84 Å². The molecule has 0 bridgehead atoms. The molecule has 0 atom stereocenters. The maximum atomic E-state index is 12.7. The van der Waals surface area contributed by atoms with Gasteiger partial charge in [-0.2, -0.15) is 0 Å². The van der Waals surface area contributed by atoms with Crippen molar-refractivity contribution in [2.24, 2.45) is 0 Å². The Labute approximate surface area is 189 Å². The van der Waals surface area contributed by atoms with E-state index in [1.54, 1.807) is 18.2 Å². The second kappa shape index (κ2) is 9.53. The first kappa shape index (κ1) is 21.4. The highest BCUT2D eigenvalue weighted by atomic mass is 32.2. The van der Waals surface area contributed by atoms with Crippen LogP contribution in [0.5, 0.6) is 5.75 Å². The van der Waals surface area contributed by atoms with E-state index in [0.717, 1.165) is 27.8 Å². The summed E-state index contributed by atoms with van der Waals surface area (Å²) in [6.45, 7) is 0.484. The van der Waals surface area contributed by atoms with Crippen LogP contribution in [0, 0.1) is 0 Å². The minimum absolute atomic E-state index is 0.0232. The Morgan fingerprint density at radius 2 is 1.66 bits per heavy atom. The van der Waals surface area contributed by atoms with Gasteiger partial charge in [0.05, 0.1) is 17.0 Å². The molecule has 0 spiro atoms. The maximum Gasteiger partial charge on any atom is 0.335 e. The fourth-order valence-corrected chi connectivity index (χ4v) is 4.01. The highest BCUT2D eigenvalue weighted by molar-refractivity contribution is 8.18. The monoisotopic (exact) mass is 445 g/mol. The number of imide groups is 1. The van der Waals surface area contributed by atoms with Crippen LogP contribution < -0.4 is 4.74 Å². The number of rotatable bonds is 7. The number of aromatic carboxylic acids is 1. The summed E-state index contributed by atoms with van der Waals surface area (Å²) < 4.78 is 5.77. The molecular weight excluding hydrogens is 426 g/mol. The van der Waals surface area contributed by atoms with Crippen LogP contribution in [0.4, 0.5) is 4.79 Å². The molecule has 0 aliphatic carbocycles. The second-order valence-electron chi connectivity index (χ2n) is 7.12. The van der Waals surface area contributed by atoms with Crippen LogP contribution >= 0.6 is 11.8 Å². The summed E-state index contributed by atoms with van der Waals surface area (Å²) in [6, 6.07) is 23.3. The fourth-order valence-electron chi connectivity index (χ4n) is 3.17. The summed E-state index contributed by atoms with van der Waals surface area (Å²) in [7, 11) is 0. The summed E-state index contributed by atoms with van der Waals surface area (Å²) in [4.78, 5) is 37.7. The largest absolute Gasteiger partial charge is 0.489 e. The number of hydrogen-bond acceptors (Lipinski definition) is 5. The highest BCUT2D eigenvalue weighted by Gasteiger charge is 2.35. The van der Waals surface area contributed by atoms with Gasteiger partial charge in [-0.25, -0.2) is 4.79 Å². The molecule has 7 heteroatoms. The topological polar surface area (TPSA) is 83.9 Å². The first-order chi connectivity index (χ1) is 15.5. The van der Waals surface area contributed by atoms with Gasteiger partial charge in [0, 0.05) is 0 Å². The van der Waals surface area contributed by atoms with E-state index in [-0.39, 0.29) is 17.3 Å². The molecule has 2 amide bonds. The molecule has 0 saturated carbocycles. The molecule has 3 aromatic rings. The van der Waals surface area contributed by atoms with Gasteiger partial charge in [-0.15, -0.1) is 0 Å². The summed E-state index contributed by atoms with van der Waals surface area (Å²) >= 11 is 0.869. The molecule has 32 heavy (non-hydrogen) atoms. The van der Waals surface area contributed by atoms with E-state index >= 15 is 0 Å². The zero-order chi connectivity index (χ0) is 22.5. The number of benzene rings is 3. The van der Waals surface area contributed by atoms with Crippen molar-refractivity contribution in [3.8, 4) is 5.75 Å². The first-order valence-electron chi connectivity index (χ1n) is 9.84. The molecular formula is C25H19NO5S. The van der Waals surface area contributed by atoms with Gasteiger partial charge >= 0.3 is 5.97 Å². The van der Waals surface area contributed by atoms with Crippen molar-refractivity contribution in [3.63, 3.8) is 0 Å². The van der Waals surface area contributed by atoms with Crippen LogP contribution in [0.2, 0.25) is 0 Å². The number of amides is 2. The van der Waals surface area contributed by atoms with Crippen LogP contribution in [0.1, 0.15) is 27.0 Å². The first-order valence-corrected chi connectivity index (χ1v) is 10.7. The summed E-state index contributed by atoms with van der Waals surface area (Å²) in [6.07, 6.45) is 1.67. The lowest BCUT2D eigenvalue weighted by Crippen LogP contribution is -2.27. The van der Waals surface area contributed by atoms with Crippen molar-refractivity contribution < 1.29 is 24.2 Å². The third kappa shape index (κ3) is 5.07. The van der Waals surface area contributed by atoms with E-state index in [0.29, 0.717) is 22.8 Å². The van der Waals surface area contributed by atoms with E-state index in [9.17, 15) is 14.4 Å². The third-order valence-corrected chi connectivity index (χ3v) is 5.72. The van der Waals surface area contributed by atoms with E-state index in [1.165, 1.54) is 12.1 Å². The van der Waals surface area contributed by atoms with Gasteiger partial charge in [0.2, 0.25) is 0 Å². The lowest BCUT2D eigenvalue weighted by Gasteiger charge is -2.12. The van der Waals surface area contributed by atoms with E-state index in [2.05, 4.69) is 0 Å². The molecule has 0 aromatic heterocycles. The molecule has 1 aliphatic heterocycles. The predicted octanol–water partition coefficient (Wildman–Crippen LogP) is 5.20. The Balaban J connectivity index is 1.42. The molecule has 1 aliphatic rings. The Morgan fingerprint density at radius 3 is 2.38 bits per heavy atom. The predicted molar refractivity (Wildman–Crippen MR) is 122 cm³/mol. The van der Waals surface area contributed by atoms with Gasteiger partial charge in [0.25, 0.3) is 11.1 Å². The molecule has 6 nitrogen and oxygen atoms in total. The van der Waals surface area contributed by atoms with Crippen LogP contribution in [-0.2, 0) is 17.9 Å². The summed E-state index contributed by atoms with van der Waals surface area (Å²) in [5, 5.41) is 8.74. The van der Waals surface area contributed by atoms with Crippen LogP contribution in [-0.4, -0.2) is 27.1 Å². The normalized spacial score (nSPS) is 14.8. The Morgan fingerprint density at radius 1 is 0.938 bits per heavy atom. The van der Waals surface area contributed by atoms with Crippen molar-refractivity contribution in [2.45, 2.75) is 13.2 Å². The van der Waals surface area contributed by atoms with Crippen molar-refractivity contribution >= 4 is 35.0 Å². The molecule has 4 rings (SSSR count). The van der Waals surface area contributed by atoms with E-state index < -0.39 is 11.9 Å². The van der Waals surface area contributed by atoms with Gasteiger partial charge in [-0.05, 0) is 58.8 Å². The number of carboxylic acids is 1. The molecule has 0 unspecified atom stereocenters. The third-order valence-electron chi connectivity index (χ3n) is 4.81. The van der Waals surface area contributed by atoms with Gasteiger partial charge in [-0.1, -0.05) is 54.6 Å². The van der Waals surface area contributed by atoms with Crippen molar-refractivity contribution in [1.82, 2.24) is 4.90 Å². The highest BCUT2D eigenvalue weighted by Crippen LogP contribution is 2.33. The number of ether oxygens (including phenoxy) is 1. The maximum absolute atomic E-state index is 12.7. The number of carboxylic acid groups (broad SMARTS) is 1. The van der Waals surface area contributed by atoms with Crippen LogP contribution in [0.25, 0.3) is 6.08 Å². The zero-order valence-corrected chi connectivity index (χ0v) is 17.7. The molecule has 1 N–H and O–H groups in total. The minimum Gasteiger partial charge on any atom is -0.489 e. The van der Waals surface area contributed by atoms with Gasteiger partial charge in [-0.3, -0.25) is 14.5 Å². The summed E-state index contributed by atoms with van der Waals surface area (Å²) in [5.74, 6) is -0.750. The molecule has 3 aromatic carbocycles. The number of nitrogens with zero attached hydrogens (tertiary/aromatic N) is 1. The van der Waals surface area contributed by atoms with Crippen molar-refractivity contribution in [1.29, 1.82) is 0 Å². The molecule has 160 valence electrons. The van der Waals surface area contributed by atoms with Gasteiger partial charge < -0.3 is 9.84 Å². The van der Waals surface area contributed by atoms with Gasteiger partial charge in [0.15, 0.2) is 0 Å². The number of thioether (sulfide) groups is 1. The quantitative estimate of drug-likeness (QED) is 0.503. The van der Waals surface area contributed by atoms with Crippen molar-refractivity contribution in [3.05, 3.63) is 106 Å². The SMILES string of the molecule is O=C(O)c1cccc(CN2C(=O)SC(=Cc3ccc(OCc4ccccc4)cc3)C2=O)c1. The number of carbonyl (C=O) groups excluding carboxylic acids is 2. The summed E-state index contributed by atoms with van der Waals surface area (Å²) in [5.41, 5.74) is 2.53. The average molecular weight is 445 g/mol. The number of carbonyl (C=O) groups is 3. The van der Waals surface area contributed by atoms with Gasteiger partial charge in [0.1, 0.15) is 12.4 Å². The Bertz CT molecular complexity index is 1190. The lowest BCUT2D eigenvalue weighted by molar-refractivity contribution is -0.123. The zero-order valence-electron chi connectivity index (χ0n) is 16.9. The molecule has 1 fully saturated rings. The van der Waals surface area contributed by atoms with Crippen LogP contribution in [0.3, 0.4) is 0 Å². The Hall–Kier alpha value is -3.84. The van der Waals surface area contributed by atoms with Crippen molar-refractivity contribution in [2.75, 3.05) is 0 Å². The number of hydrogen-bond donors (Lipinski definition) is 1. The molecule has 1 heterocycles. The Kier molecular flexibility index (Phi) is 6.37. The minimum atomic E-state index is -1.06. The molecule has 0 radical (unpaired) electrons. The van der Waals surface area contributed by atoms with Crippen LogP contribution in [0.15, 0.2) is 83.8 Å². The second-order valence-corrected chi connectivity index (χ2v) is 8.11. The standard InChI is InChI=1S/C25H19NO5S/c27-23-22(32-25(30)26(23)15-19-7-4-8-20(13-19)24(28)29)14-17-9-11-21(12-10-17)31-16-18-5-2-1-3-6-18/h1-14H,15-16H2,(H,28,29). The lowest BCUT2D eigenvalue weighted by atomic mass is 10.1. The molecule has 1 saturated heterocycles. The smallest absolute Gasteiger partial charge is 0.335 e. The van der Waals surface area contributed by atoms with E-state index in [1.807, 2.05) is 54.6 Å².